The van der Waals surface area contributed by atoms with Crippen molar-refractivity contribution in [3.63, 3.8) is 0 Å². The van der Waals surface area contributed by atoms with Gasteiger partial charge in [-0.15, -0.1) is 0 Å². The molecular weight excluding hydrogens is 514 g/mol. The predicted octanol–water partition coefficient (Wildman–Crippen LogP) is 5.11. The number of carbonyl (C=O) groups is 3. The Balaban J connectivity index is 1.40. The molecule has 1 saturated heterocycles. The summed E-state index contributed by atoms with van der Waals surface area (Å²) in [5.74, 6) is -1.06. The van der Waals surface area contributed by atoms with E-state index in [1.54, 1.807) is 18.2 Å². The number of hydrogen-bond acceptors (Lipinski definition) is 6. The van der Waals surface area contributed by atoms with Crippen LogP contribution in [0, 0.1) is 5.82 Å². The zero-order valence-electron chi connectivity index (χ0n) is 18.2. The lowest BCUT2D eigenvalue weighted by Crippen LogP contribution is -2.54. The van der Waals surface area contributed by atoms with Crippen LogP contribution in [0.2, 0.25) is 10.0 Å². The quantitative estimate of drug-likeness (QED) is 0.365. The molecule has 4 amide bonds. The summed E-state index contributed by atoms with van der Waals surface area (Å²) in [6.07, 6.45) is 1.27. The van der Waals surface area contributed by atoms with Gasteiger partial charge in [-0.3, -0.25) is 14.9 Å². The summed E-state index contributed by atoms with van der Waals surface area (Å²) in [6.45, 7) is 0.112. The lowest BCUT2D eigenvalue weighted by molar-refractivity contribution is -0.122. The molecule has 8 nitrogen and oxygen atoms in total. The number of fused-ring (bicyclic) bond motifs is 1. The number of imide groups is 2. The largest absolute Gasteiger partial charge is 0.486 e. The molecule has 0 aliphatic carbocycles. The number of halogens is 3. The number of barbiturate groups is 1. The van der Waals surface area contributed by atoms with Crippen LogP contribution < -0.4 is 24.4 Å². The Kier molecular flexibility index (Phi) is 6.26. The van der Waals surface area contributed by atoms with Crippen LogP contribution in [0.5, 0.6) is 17.2 Å². The number of urea groups is 1. The summed E-state index contributed by atoms with van der Waals surface area (Å²) in [5.41, 5.74) is 0.922. The van der Waals surface area contributed by atoms with E-state index >= 15 is 0 Å². The Hall–Kier alpha value is -4.08. The second-order valence-electron chi connectivity index (χ2n) is 7.72. The molecule has 1 N–H and O–H groups in total. The number of amides is 4. The highest BCUT2D eigenvalue weighted by Crippen LogP contribution is 2.38. The number of rotatable bonds is 5. The minimum atomic E-state index is -0.901. The first-order valence-corrected chi connectivity index (χ1v) is 11.2. The van der Waals surface area contributed by atoms with E-state index in [0.717, 1.165) is 4.90 Å². The van der Waals surface area contributed by atoms with Crippen molar-refractivity contribution in [1.82, 2.24) is 5.32 Å². The van der Waals surface area contributed by atoms with Crippen LogP contribution in [-0.2, 0) is 16.2 Å². The number of benzene rings is 3. The van der Waals surface area contributed by atoms with Gasteiger partial charge in [0, 0.05) is 6.07 Å². The topological polar surface area (TPSA) is 94.2 Å². The molecule has 5 rings (SSSR count). The van der Waals surface area contributed by atoms with Crippen molar-refractivity contribution in [2.75, 3.05) is 11.7 Å². The van der Waals surface area contributed by atoms with Gasteiger partial charge in [0.1, 0.15) is 18.0 Å². The number of nitrogens with zero attached hydrogens (tertiary/aromatic N) is 1. The highest BCUT2D eigenvalue weighted by Gasteiger charge is 2.37. The van der Waals surface area contributed by atoms with E-state index in [-0.39, 0.29) is 46.3 Å². The molecule has 2 heterocycles. The van der Waals surface area contributed by atoms with Crippen LogP contribution in [0.25, 0.3) is 6.08 Å². The van der Waals surface area contributed by atoms with Crippen molar-refractivity contribution in [3.05, 3.63) is 87.2 Å². The summed E-state index contributed by atoms with van der Waals surface area (Å²) in [5, 5.41) is 2.41. The molecule has 0 spiro atoms. The molecule has 0 saturated carbocycles. The molecule has 2 aliphatic rings. The Morgan fingerprint density at radius 1 is 0.972 bits per heavy atom. The van der Waals surface area contributed by atoms with Crippen LogP contribution >= 0.6 is 23.2 Å². The van der Waals surface area contributed by atoms with E-state index in [0.29, 0.717) is 22.6 Å². The van der Waals surface area contributed by atoms with E-state index < -0.39 is 17.8 Å². The standard InChI is InChI=1S/C25H15Cl2FN2O6/c26-18-8-14(9-19(27)22(18)34-11-13-1-3-15(28)4-2-13)7-17-23(31)29-25(33)30(24(17)32)16-5-6-20-21(10-16)36-12-35-20/h1-10H,11-12H2,(H,29,31,33)/b17-7+. The normalized spacial score (nSPS) is 15.9. The average Bonchev–Trinajstić information content (AvgIpc) is 3.30. The molecular formula is C25H15Cl2FN2O6. The SMILES string of the molecule is O=C1NC(=O)N(c2ccc3c(c2)OCO3)C(=O)/C1=C/c1cc(Cl)c(OCc2ccc(F)cc2)c(Cl)c1. The summed E-state index contributed by atoms with van der Waals surface area (Å²) < 4.78 is 29.3. The van der Waals surface area contributed by atoms with Gasteiger partial charge < -0.3 is 14.2 Å². The Bertz CT molecular complexity index is 1420. The van der Waals surface area contributed by atoms with Gasteiger partial charge in [-0.05, 0) is 53.6 Å². The number of hydrogen-bond donors (Lipinski definition) is 1. The van der Waals surface area contributed by atoms with Gasteiger partial charge >= 0.3 is 6.03 Å². The van der Waals surface area contributed by atoms with Crippen molar-refractivity contribution < 1.29 is 33.0 Å². The van der Waals surface area contributed by atoms with Crippen molar-refractivity contribution in [1.29, 1.82) is 0 Å². The third-order valence-electron chi connectivity index (χ3n) is 5.34. The molecule has 0 bridgehead atoms. The number of anilines is 1. The smallest absolute Gasteiger partial charge is 0.335 e. The summed E-state index contributed by atoms with van der Waals surface area (Å²) in [6, 6.07) is 12.3. The van der Waals surface area contributed by atoms with Crippen LogP contribution in [0.1, 0.15) is 11.1 Å². The van der Waals surface area contributed by atoms with Gasteiger partial charge in [0.2, 0.25) is 6.79 Å². The minimum absolute atomic E-state index is 0.0215. The molecule has 0 unspecified atom stereocenters. The molecule has 11 heteroatoms. The van der Waals surface area contributed by atoms with E-state index in [1.807, 2.05) is 0 Å². The molecule has 36 heavy (non-hydrogen) atoms. The zero-order valence-corrected chi connectivity index (χ0v) is 19.7. The van der Waals surface area contributed by atoms with Crippen molar-refractivity contribution in [2.24, 2.45) is 0 Å². The maximum Gasteiger partial charge on any atom is 0.335 e. The van der Waals surface area contributed by atoms with Crippen molar-refractivity contribution in [2.45, 2.75) is 6.61 Å². The fourth-order valence-electron chi connectivity index (χ4n) is 3.62. The Morgan fingerprint density at radius 3 is 2.39 bits per heavy atom. The Morgan fingerprint density at radius 2 is 1.67 bits per heavy atom. The number of nitrogens with one attached hydrogen (secondary N) is 1. The van der Waals surface area contributed by atoms with Gasteiger partial charge in [0.15, 0.2) is 17.2 Å². The molecule has 0 atom stereocenters. The third kappa shape index (κ3) is 4.58. The summed E-state index contributed by atoms with van der Waals surface area (Å²) >= 11 is 12.7. The average molecular weight is 529 g/mol. The summed E-state index contributed by atoms with van der Waals surface area (Å²) in [7, 11) is 0. The van der Waals surface area contributed by atoms with Crippen molar-refractivity contribution >= 4 is 52.8 Å². The second kappa shape index (κ2) is 9.52. The van der Waals surface area contributed by atoms with Crippen LogP contribution in [0.3, 0.4) is 0 Å². The van der Waals surface area contributed by atoms with E-state index in [9.17, 15) is 18.8 Å². The van der Waals surface area contributed by atoms with Gasteiger partial charge in [0.25, 0.3) is 11.8 Å². The fourth-order valence-corrected chi connectivity index (χ4v) is 4.23. The lowest BCUT2D eigenvalue weighted by atomic mass is 10.1. The van der Waals surface area contributed by atoms with E-state index in [1.165, 1.54) is 42.5 Å². The van der Waals surface area contributed by atoms with E-state index in [2.05, 4.69) is 5.32 Å². The maximum atomic E-state index is 13.2. The molecule has 1 fully saturated rings. The van der Waals surface area contributed by atoms with Gasteiger partial charge in [0.05, 0.1) is 15.7 Å². The molecule has 182 valence electrons. The van der Waals surface area contributed by atoms with Gasteiger partial charge in [-0.1, -0.05) is 35.3 Å². The molecule has 3 aromatic rings. The third-order valence-corrected chi connectivity index (χ3v) is 5.91. The molecule has 2 aliphatic heterocycles. The number of ether oxygens (including phenoxy) is 3. The Labute approximate surface area is 213 Å². The lowest BCUT2D eigenvalue weighted by Gasteiger charge is -2.26. The monoisotopic (exact) mass is 528 g/mol. The van der Waals surface area contributed by atoms with E-state index in [4.69, 9.17) is 37.4 Å². The first-order valence-electron chi connectivity index (χ1n) is 10.5. The van der Waals surface area contributed by atoms with Crippen molar-refractivity contribution in [3.8, 4) is 17.2 Å². The number of carbonyl (C=O) groups excluding carboxylic acids is 3. The first kappa shape index (κ1) is 23.7. The minimum Gasteiger partial charge on any atom is -0.486 e. The highest BCUT2D eigenvalue weighted by atomic mass is 35.5. The van der Waals surface area contributed by atoms with Gasteiger partial charge in [-0.2, -0.15) is 0 Å². The second-order valence-corrected chi connectivity index (χ2v) is 8.54. The molecule has 3 aromatic carbocycles. The molecule has 0 radical (unpaired) electrons. The van der Waals surface area contributed by atoms with Crippen LogP contribution in [0.15, 0.2) is 60.2 Å². The predicted molar refractivity (Wildman–Crippen MR) is 129 cm³/mol. The zero-order chi connectivity index (χ0) is 25.4. The highest BCUT2D eigenvalue weighted by molar-refractivity contribution is 6.40. The summed E-state index contributed by atoms with van der Waals surface area (Å²) in [4.78, 5) is 38.9. The molecule has 0 aromatic heterocycles. The van der Waals surface area contributed by atoms with Gasteiger partial charge in [-0.25, -0.2) is 14.1 Å². The first-order chi connectivity index (χ1) is 17.3. The van der Waals surface area contributed by atoms with Crippen LogP contribution in [0.4, 0.5) is 14.9 Å². The fraction of sp³-hybridized carbons (Fsp3) is 0.0800. The maximum absolute atomic E-state index is 13.2. The van der Waals surface area contributed by atoms with Crippen LogP contribution in [-0.4, -0.2) is 24.6 Å².